The van der Waals surface area contributed by atoms with Crippen LogP contribution < -0.4 is 0 Å². The monoisotopic (exact) mass is 762 g/mol. The Balaban J connectivity index is 3.89. The van der Waals surface area contributed by atoms with Crippen molar-refractivity contribution in [3.8, 4) is 0 Å². The molecule has 7 nitrogen and oxygen atoms in total. The van der Waals surface area contributed by atoms with Crippen LogP contribution in [0.15, 0.2) is 24.3 Å². The van der Waals surface area contributed by atoms with Crippen molar-refractivity contribution in [3.05, 3.63) is 24.3 Å². The Hall–Kier alpha value is -2.15. The van der Waals surface area contributed by atoms with Gasteiger partial charge in [0, 0.05) is 20.3 Å². The molecule has 54 heavy (non-hydrogen) atoms. The number of allylic oxidation sites excluding steroid dienone is 4. The molecule has 0 aliphatic rings. The quantitative estimate of drug-likeness (QED) is 0.0265. The topological polar surface area (TPSA) is 82.1 Å². The molecule has 0 N–H and O–H groups in total. The number of esters is 3. The molecule has 0 saturated heterocycles. The normalized spacial score (nSPS) is 12.2. The third-order valence-electron chi connectivity index (χ3n) is 10.1. The van der Waals surface area contributed by atoms with E-state index in [4.69, 9.17) is 14.2 Å². The molecule has 0 radical (unpaired) electrons. The molecule has 0 aromatic heterocycles. The van der Waals surface area contributed by atoms with Crippen LogP contribution in [0.5, 0.6) is 0 Å². The number of carbonyl (C=O) groups excluding carboxylic acids is 3. The number of ether oxygens (including phenoxy) is 3. The Bertz CT molecular complexity index is 843. The molecule has 0 saturated carbocycles. The SMILES string of the molecule is CC(=O)OCCCCCCCCC=CCCCCCCCCC(CCCCCCCCC=CCCCCCCCCOC(C)=O)OC(=O)CCCN(C)C. The average molecular weight is 762 g/mol. The van der Waals surface area contributed by atoms with E-state index in [9.17, 15) is 14.4 Å². The lowest BCUT2D eigenvalue weighted by Crippen LogP contribution is -2.20. The van der Waals surface area contributed by atoms with Crippen molar-refractivity contribution >= 4 is 17.9 Å². The minimum Gasteiger partial charge on any atom is -0.466 e. The number of carbonyl (C=O) groups is 3. The van der Waals surface area contributed by atoms with Crippen LogP contribution in [-0.4, -0.2) is 62.8 Å². The molecule has 0 aliphatic heterocycles. The van der Waals surface area contributed by atoms with Crippen molar-refractivity contribution in [1.29, 1.82) is 0 Å². The molecule has 0 aromatic carbocycles. The fourth-order valence-electron chi connectivity index (χ4n) is 6.78. The first-order valence-corrected chi connectivity index (χ1v) is 22.7. The van der Waals surface area contributed by atoms with Gasteiger partial charge in [0.05, 0.1) is 13.2 Å². The summed E-state index contributed by atoms with van der Waals surface area (Å²) < 4.78 is 16.0. The maximum atomic E-state index is 12.6. The largest absolute Gasteiger partial charge is 0.466 e. The van der Waals surface area contributed by atoms with Gasteiger partial charge in [-0.3, -0.25) is 14.4 Å². The van der Waals surface area contributed by atoms with Crippen LogP contribution in [0.1, 0.15) is 219 Å². The van der Waals surface area contributed by atoms with Crippen molar-refractivity contribution in [2.75, 3.05) is 33.9 Å². The van der Waals surface area contributed by atoms with Crippen LogP contribution in [0.25, 0.3) is 0 Å². The summed E-state index contributed by atoms with van der Waals surface area (Å²) in [4.78, 5) is 36.2. The molecule has 0 aromatic rings. The molecule has 0 rings (SSSR count). The van der Waals surface area contributed by atoms with E-state index in [1.165, 1.54) is 155 Å². The van der Waals surface area contributed by atoms with Gasteiger partial charge in [-0.25, -0.2) is 0 Å². The highest BCUT2D eigenvalue weighted by Gasteiger charge is 2.14. The van der Waals surface area contributed by atoms with Crippen molar-refractivity contribution in [2.24, 2.45) is 0 Å². The lowest BCUT2D eigenvalue weighted by Gasteiger charge is -2.18. The summed E-state index contributed by atoms with van der Waals surface area (Å²) in [5.41, 5.74) is 0. The summed E-state index contributed by atoms with van der Waals surface area (Å²) in [7, 11) is 4.10. The zero-order chi connectivity index (χ0) is 39.6. The Morgan fingerprint density at radius 2 is 0.759 bits per heavy atom. The first-order valence-electron chi connectivity index (χ1n) is 22.7. The van der Waals surface area contributed by atoms with Crippen LogP contribution in [-0.2, 0) is 28.6 Å². The smallest absolute Gasteiger partial charge is 0.306 e. The predicted octanol–water partition coefficient (Wildman–Crippen LogP) is 13.2. The minimum atomic E-state index is -0.173. The zero-order valence-electron chi connectivity index (χ0n) is 36.0. The van der Waals surface area contributed by atoms with Gasteiger partial charge in [-0.1, -0.05) is 127 Å². The van der Waals surface area contributed by atoms with Gasteiger partial charge in [0.25, 0.3) is 0 Å². The lowest BCUT2D eigenvalue weighted by atomic mass is 10.0. The van der Waals surface area contributed by atoms with Crippen molar-refractivity contribution in [2.45, 2.75) is 225 Å². The maximum absolute atomic E-state index is 12.6. The van der Waals surface area contributed by atoms with Gasteiger partial charge in [0.15, 0.2) is 0 Å². The summed E-state index contributed by atoms with van der Waals surface area (Å²) in [6.45, 7) is 5.01. The molecule has 0 aliphatic carbocycles. The summed E-state index contributed by atoms with van der Waals surface area (Å²) in [6, 6.07) is 0. The van der Waals surface area contributed by atoms with Gasteiger partial charge in [-0.05, 0) is 117 Å². The van der Waals surface area contributed by atoms with Crippen molar-refractivity contribution < 1.29 is 28.6 Å². The lowest BCUT2D eigenvalue weighted by molar-refractivity contribution is -0.150. The van der Waals surface area contributed by atoms with E-state index in [1.54, 1.807) is 0 Å². The molecule has 0 heterocycles. The fourth-order valence-corrected chi connectivity index (χ4v) is 6.78. The Morgan fingerprint density at radius 1 is 0.444 bits per heavy atom. The van der Waals surface area contributed by atoms with E-state index in [2.05, 4.69) is 43.3 Å². The second-order valence-electron chi connectivity index (χ2n) is 15.9. The highest BCUT2D eigenvalue weighted by molar-refractivity contribution is 5.69. The second-order valence-corrected chi connectivity index (χ2v) is 15.9. The van der Waals surface area contributed by atoms with Crippen LogP contribution in [0.3, 0.4) is 0 Å². The standard InChI is InChI=1S/C47H87NO6/c1-44(49)52-42-35-31-27-23-19-15-11-7-5-9-13-17-21-25-29-33-38-46(54-47(51)40-37-41-48(3)4)39-34-30-26-22-18-14-10-6-8-12-16-20-24-28-32-36-43-53-45(2)50/h5-8,46H,9-43H2,1-4H3. The van der Waals surface area contributed by atoms with Gasteiger partial charge in [-0.15, -0.1) is 0 Å². The summed E-state index contributed by atoms with van der Waals surface area (Å²) in [5, 5.41) is 0. The number of nitrogens with zero attached hydrogens (tertiary/aromatic N) is 1. The molecule has 0 spiro atoms. The molecule has 7 heteroatoms. The van der Waals surface area contributed by atoms with Crippen molar-refractivity contribution in [1.82, 2.24) is 4.90 Å². The number of hydrogen-bond acceptors (Lipinski definition) is 7. The fraction of sp³-hybridized carbons (Fsp3) is 0.851. The van der Waals surface area contributed by atoms with Crippen LogP contribution in [0.2, 0.25) is 0 Å². The van der Waals surface area contributed by atoms with Gasteiger partial charge in [0.1, 0.15) is 6.10 Å². The van der Waals surface area contributed by atoms with Gasteiger partial charge >= 0.3 is 17.9 Å². The molecule has 0 bridgehead atoms. The van der Waals surface area contributed by atoms with E-state index in [1.807, 2.05) is 0 Å². The Kier molecular flexibility index (Phi) is 40.3. The van der Waals surface area contributed by atoms with E-state index < -0.39 is 0 Å². The average Bonchev–Trinajstić information content (AvgIpc) is 3.12. The molecular formula is C47H87NO6. The first-order chi connectivity index (χ1) is 26.3. The van der Waals surface area contributed by atoms with Crippen LogP contribution in [0.4, 0.5) is 0 Å². The van der Waals surface area contributed by atoms with E-state index in [0.717, 1.165) is 64.3 Å². The van der Waals surface area contributed by atoms with Gasteiger partial charge < -0.3 is 19.1 Å². The number of hydrogen-bond donors (Lipinski definition) is 0. The van der Waals surface area contributed by atoms with Crippen molar-refractivity contribution in [3.63, 3.8) is 0 Å². The van der Waals surface area contributed by atoms with Crippen LogP contribution in [0, 0.1) is 0 Å². The summed E-state index contributed by atoms with van der Waals surface area (Å²) in [5.74, 6) is -0.356. The Labute approximate surface area is 334 Å². The zero-order valence-corrected chi connectivity index (χ0v) is 36.0. The second kappa shape index (κ2) is 42.0. The summed E-state index contributed by atoms with van der Waals surface area (Å²) in [6.07, 6.45) is 47.4. The first kappa shape index (κ1) is 51.9. The molecular weight excluding hydrogens is 675 g/mol. The van der Waals surface area contributed by atoms with Gasteiger partial charge in [0.2, 0.25) is 0 Å². The highest BCUT2D eigenvalue weighted by atomic mass is 16.5. The predicted molar refractivity (Wildman–Crippen MR) is 228 cm³/mol. The minimum absolute atomic E-state index is 0.0102. The number of unbranched alkanes of at least 4 members (excludes halogenated alkanes) is 24. The summed E-state index contributed by atoms with van der Waals surface area (Å²) >= 11 is 0. The van der Waals surface area contributed by atoms with Gasteiger partial charge in [-0.2, -0.15) is 0 Å². The van der Waals surface area contributed by atoms with E-state index in [0.29, 0.717) is 19.6 Å². The maximum Gasteiger partial charge on any atom is 0.306 e. The highest BCUT2D eigenvalue weighted by Crippen LogP contribution is 2.19. The molecule has 0 atom stereocenters. The third-order valence-corrected chi connectivity index (χ3v) is 10.1. The third kappa shape index (κ3) is 44.2. The molecule has 0 unspecified atom stereocenters. The molecule has 316 valence electrons. The molecule has 0 fully saturated rings. The van der Waals surface area contributed by atoms with Crippen LogP contribution >= 0.6 is 0 Å². The van der Waals surface area contributed by atoms with E-state index in [-0.39, 0.29) is 24.0 Å². The van der Waals surface area contributed by atoms with E-state index >= 15 is 0 Å². The number of rotatable bonds is 41. The molecule has 0 amide bonds. The Morgan fingerprint density at radius 3 is 1.09 bits per heavy atom.